The summed E-state index contributed by atoms with van der Waals surface area (Å²) in [6.07, 6.45) is 1.96. The molecule has 0 bridgehead atoms. The largest absolute Gasteiger partial charge is 0.229 e. The first kappa shape index (κ1) is 8.66. The van der Waals surface area contributed by atoms with Crippen LogP contribution in [0.5, 0.6) is 0 Å². The van der Waals surface area contributed by atoms with E-state index in [0.29, 0.717) is 5.56 Å². The minimum atomic E-state index is -0.132. The normalized spacial score (nSPS) is 9.73. The van der Waals surface area contributed by atoms with Crippen molar-refractivity contribution in [3.63, 3.8) is 0 Å². The fourth-order valence-corrected chi connectivity index (χ4v) is 1.24. The number of hydrogen-bond donors (Lipinski definition) is 0. The van der Waals surface area contributed by atoms with Gasteiger partial charge in [-0.1, -0.05) is 17.6 Å². The van der Waals surface area contributed by atoms with E-state index < -0.39 is 0 Å². The van der Waals surface area contributed by atoms with E-state index in [1.165, 1.54) is 0 Å². The Hall–Kier alpha value is -0.435. The van der Waals surface area contributed by atoms with Crippen molar-refractivity contribution in [3.05, 3.63) is 29.6 Å². The molecule has 0 aliphatic heterocycles. The van der Waals surface area contributed by atoms with Crippen LogP contribution in [0.25, 0.3) is 0 Å². The van der Waals surface area contributed by atoms with Crippen LogP contribution in [0.15, 0.2) is 18.2 Å². The lowest BCUT2D eigenvalue weighted by molar-refractivity contribution is 0.619. The third-order valence-corrected chi connectivity index (χ3v) is 1.96. The minimum Gasteiger partial charge on any atom is -0.215 e. The van der Waals surface area contributed by atoms with Gasteiger partial charge in [0, 0.05) is 0 Å². The lowest BCUT2D eigenvalue weighted by atomic mass is 9.93. The van der Waals surface area contributed by atoms with Crippen LogP contribution < -0.4 is 5.46 Å². The SMILES string of the molecule is CS[B]c1ccc(C)c(F)c1. The molecule has 0 saturated heterocycles. The van der Waals surface area contributed by atoms with E-state index in [0.717, 1.165) is 5.46 Å². The Balaban J connectivity index is 2.86. The van der Waals surface area contributed by atoms with Gasteiger partial charge in [-0.05, 0) is 24.8 Å². The van der Waals surface area contributed by atoms with Crippen LogP contribution in [-0.2, 0) is 0 Å². The predicted molar refractivity (Wildman–Crippen MR) is 50.0 cm³/mol. The van der Waals surface area contributed by atoms with Gasteiger partial charge in [0.2, 0.25) is 6.56 Å². The molecule has 0 nitrogen and oxygen atoms in total. The van der Waals surface area contributed by atoms with Gasteiger partial charge in [0.25, 0.3) is 0 Å². The van der Waals surface area contributed by atoms with Gasteiger partial charge in [-0.15, -0.1) is 0 Å². The summed E-state index contributed by atoms with van der Waals surface area (Å²) < 4.78 is 12.9. The van der Waals surface area contributed by atoms with Crippen molar-refractivity contribution in [3.8, 4) is 0 Å². The highest BCUT2D eigenvalue weighted by atomic mass is 32.2. The Labute approximate surface area is 71.3 Å². The Morgan fingerprint density at radius 3 is 2.73 bits per heavy atom. The molecule has 0 aromatic heterocycles. The molecule has 57 valence electrons. The third-order valence-electron chi connectivity index (χ3n) is 1.45. The number of rotatable bonds is 2. The Morgan fingerprint density at radius 1 is 1.45 bits per heavy atom. The second-order valence-corrected chi connectivity index (χ2v) is 3.07. The maximum Gasteiger partial charge on any atom is 0.229 e. The van der Waals surface area contributed by atoms with Gasteiger partial charge < -0.3 is 0 Å². The van der Waals surface area contributed by atoms with E-state index in [2.05, 4.69) is 0 Å². The van der Waals surface area contributed by atoms with E-state index in [4.69, 9.17) is 0 Å². The number of hydrogen-bond acceptors (Lipinski definition) is 1. The highest BCUT2D eigenvalue weighted by Crippen LogP contribution is 2.02. The zero-order valence-electron chi connectivity index (χ0n) is 6.60. The monoisotopic (exact) mass is 167 g/mol. The molecule has 1 rings (SSSR count). The van der Waals surface area contributed by atoms with Gasteiger partial charge in [0.05, 0.1) is 0 Å². The van der Waals surface area contributed by atoms with Gasteiger partial charge >= 0.3 is 0 Å². The zero-order chi connectivity index (χ0) is 8.27. The molecule has 0 aliphatic rings. The third kappa shape index (κ3) is 2.26. The molecule has 1 aromatic rings. The summed E-state index contributed by atoms with van der Waals surface area (Å²) in [6.45, 7) is 3.68. The van der Waals surface area contributed by atoms with Crippen LogP contribution >= 0.6 is 11.6 Å². The van der Waals surface area contributed by atoms with Gasteiger partial charge in [0.15, 0.2) is 0 Å². The first-order valence-corrected chi connectivity index (χ1v) is 4.65. The summed E-state index contributed by atoms with van der Waals surface area (Å²) in [5.41, 5.74) is 1.63. The molecule has 11 heavy (non-hydrogen) atoms. The second kappa shape index (κ2) is 3.81. The first-order valence-electron chi connectivity index (χ1n) is 3.36. The first-order chi connectivity index (χ1) is 5.24. The van der Waals surface area contributed by atoms with Crippen LogP contribution in [0.3, 0.4) is 0 Å². The minimum absolute atomic E-state index is 0.132. The molecule has 0 saturated carbocycles. The quantitative estimate of drug-likeness (QED) is 0.604. The van der Waals surface area contributed by atoms with Crippen LogP contribution in [0.4, 0.5) is 4.39 Å². The van der Waals surface area contributed by atoms with Crippen LogP contribution in [-0.4, -0.2) is 12.8 Å². The molecule has 1 radical (unpaired) electrons. The maximum absolute atomic E-state index is 12.9. The van der Waals surface area contributed by atoms with E-state index in [1.54, 1.807) is 30.7 Å². The van der Waals surface area contributed by atoms with Crippen molar-refractivity contribution in [2.75, 3.05) is 6.26 Å². The fraction of sp³-hybridized carbons (Fsp3) is 0.250. The van der Waals surface area contributed by atoms with Crippen molar-refractivity contribution in [1.29, 1.82) is 0 Å². The highest BCUT2D eigenvalue weighted by molar-refractivity contribution is 8.23. The predicted octanol–water partition coefficient (Wildman–Crippen LogP) is 1.74. The number of aryl methyl sites for hydroxylation is 1. The summed E-state index contributed by atoms with van der Waals surface area (Å²) in [5.74, 6) is -0.132. The number of benzene rings is 1. The summed E-state index contributed by atoms with van der Waals surface area (Å²) >= 11 is 1.58. The highest BCUT2D eigenvalue weighted by Gasteiger charge is 1.98. The molecule has 0 spiro atoms. The van der Waals surface area contributed by atoms with E-state index in [-0.39, 0.29) is 5.82 Å². The lowest BCUT2D eigenvalue weighted by Gasteiger charge is -1.98. The Morgan fingerprint density at radius 2 is 2.18 bits per heavy atom. The van der Waals surface area contributed by atoms with Crippen LogP contribution in [0, 0.1) is 12.7 Å². The molecule has 0 aliphatic carbocycles. The average molecular weight is 167 g/mol. The maximum atomic E-state index is 12.9. The Bertz CT molecular complexity index is 250. The molecule has 0 fully saturated rings. The molecule has 0 atom stereocenters. The van der Waals surface area contributed by atoms with Crippen molar-refractivity contribution in [2.24, 2.45) is 0 Å². The van der Waals surface area contributed by atoms with Crippen molar-refractivity contribution in [1.82, 2.24) is 0 Å². The fourth-order valence-electron chi connectivity index (χ4n) is 0.818. The molecule has 1 aromatic carbocycles. The van der Waals surface area contributed by atoms with Gasteiger partial charge in [0.1, 0.15) is 5.82 Å². The summed E-state index contributed by atoms with van der Waals surface area (Å²) in [5, 5.41) is 0. The zero-order valence-corrected chi connectivity index (χ0v) is 7.41. The van der Waals surface area contributed by atoms with Crippen molar-refractivity contribution in [2.45, 2.75) is 6.92 Å². The molecular formula is C8H9BFS. The molecular weight excluding hydrogens is 158 g/mol. The smallest absolute Gasteiger partial charge is 0.215 e. The van der Waals surface area contributed by atoms with E-state index in [1.807, 2.05) is 18.9 Å². The van der Waals surface area contributed by atoms with Crippen LogP contribution in [0.1, 0.15) is 5.56 Å². The summed E-state index contributed by atoms with van der Waals surface area (Å²) in [7, 11) is 0. The molecule has 0 amide bonds. The van der Waals surface area contributed by atoms with Gasteiger partial charge in [-0.25, -0.2) is 16.0 Å². The standard InChI is InChI=1S/C8H9BFS/c1-6-3-4-7(9-11-2)5-8(6)10/h3-5H,1-2H3. The Kier molecular flexibility index (Phi) is 3.00. The lowest BCUT2D eigenvalue weighted by Crippen LogP contribution is -2.11. The molecule has 3 heteroatoms. The molecule has 0 unspecified atom stereocenters. The van der Waals surface area contributed by atoms with E-state index in [9.17, 15) is 4.39 Å². The van der Waals surface area contributed by atoms with Gasteiger partial charge in [-0.2, -0.15) is 0 Å². The average Bonchev–Trinajstić information content (AvgIpc) is 1.98. The molecule has 0 heterocycles. The number of halogens is 1. The van der Waals surface area contributed by atoms with Crippen LogP contribution in [0.2, 0.25) is 0 Å². The van der Waals surface area contributed by atoms with Gasteiger partial charge in [-0.3, -0.25) is 0 Å². The summed E-state index contributed by atoms with van der Waals surface area (Å²) in [6, 6.07) is 5.25. The van der Waals surface area contributed by atoms with Crippen molar-refractivity contribution >= 4 is 23.6 Å². The summed E-state index contributed by atoms with van der Waals surface area (Å²) in [4.78, 5) is 0. The van der Waals surface area contributed by atoms with Crippen molar-refractivity contribution < 1.29 is 4.39 Å². The molecule has 0 N–H and O–H groups in total. The van der Waals surface area contributed by atoms with E-state index >= 15 is 0 Å². The second-order valence-electron chi connectivity index (χ2n) is 2.36. The topological polar surface area (TPSA) is 0 Å².